The average molecular weight is 277 g/mol. The van der Waals surface area contributed by atoms with Crippen molar-refractivity contribution < 1.29 is 14.6 Å². The summed E-state index contributed by atoms with van der Waals surface area (Å²) in [4.78, 5) is 14.0. The van der Waals surface area contributed by atoms with Crippen LogP contribution in [0.4, 0.5) is 0 Å². The van der Waals surface area contributed by atoms with Crippen LogP contribution in [0, 0.1) is 0 Å². The standard InChI is InChI=1S/C16H23NO3/c1-12(18)7-9-17(2)16(19)11-13-8-10-20-15-6-4-3-5-14(13)15/h3-6,12-13,18H,7-11H2,1-2H3. The molecule has 0 aliphatic carbocycles. The predicted octanol–water partition coefficient (Wildman–Crippen LogP) is 2.17. The maximum atomic E-state index is 12.2. The average Bonchev–Trinajstić information content (AvgIpc) is 2.45. The van der Waals surface area contributed by atoms with Gasteiger partial charge in [0.2, 0.25) is 5.91 Å². The fourth-order valence-electron chi connectivity index (χ4n) is 2.50. The molecule has 0 radical (unpaired) electrons. The van der Waals surface area contributed by atoms with Gasteiger partial charge in [0, 0.05) is 20.0 Å². The number of ether oxygens (including phenoxy) is 1. The molecule has 4 nitrogen and oxygen atoms in total. The minimum atomic E-state index is -0.367. The summed E-state index contributed by atoms with van der Waals surface area (Å²) in [5.41, 5.74) is 1.14. The topological polar surface area (TPSA) is 49.8 Å². The Morgan fingerprint density at radius 3 is 3.00 bits per heavy atom. The van der Waals surface area contributed by atoms with Gasteiger partial charge in [0.15, 0.2) is 0 Å². The molecule has 110 valence electrons. The maximum absolute atomic E-state index is 12.2. The number of amides is 1. The van der Waals surface area contributed by atoms with Crippen LogP contribution >= 0.6 is 0 Å². The summed E-state index contributed by atoms with van der Waals surface area (Å²) in [5.74, 6) is 1.27. The Bertz CT molecular complexity index is 459. The molecule has 1 N–H and O–H groups in total. The van der Waals surface area contributed by atoms with Gasteiger partial charge in [-0.1, -0.05) is 18.2 Å². The molecule has 0 aromatic heterocycles. The van der Waals surface area contributed by atoms with Crippen molar-refractivity contribution in [2.45, 2.75) is 38.2 Å². The van der Waals surface area contributed by atoms with Gasteiger partial charge in [-0.2, -0.15) is 0 Å². The highest BCUT2D eigenvalue weighted by Gasteiger charge is 2.24. The quantitative estimate of drug-likeness (QED) is 0.897. The first kappa shape index (κ1) is 14.9. The van der Waals surface area contributed by atoms with Crippen LogP contribution in [-0.4, -0.2) is 42.2 Å². The first-order chi connectivity index (χ1) is 9.58. The van der Waals surface area contributed by atoms with Crippen molar-refractivity contribution in [2.75, 3.05) is 20.2 Å². The monoisotopic (exact) mass is 277 g/mol. The van der Waals surface area contributed by atoms with Crippen molar-refractivity contribution in [3.8, 4) is 5.75 Å². The number of para-hydroxylation sites is 1. The molecule has 1 amide bonds. The fraction of sp³-hybridized carbons (Fsp3) is 0.562. The molecule has 20 heavy (non-hydrogen) atoms. The second-order valence-corrected chi connectivity index (χ2v) is 5.53. The Labute approximate surface area is 120 Å². The van der Waals surface area contributed by atoms with Gasteiger partial charge in [0.1, 0.15) is 5.75 Å². The Kier molecular flexibility index (Phi) is 5.01. The number of nitrogens with zero attached hydrogens (tertiary/aromatic N) is 1. The smallest absolute Gasteiger partial charge is 0.222 e. The number of fused-ring (bicyclic) bond motifs is 1. The number of aliphatic hydroxyl groups excluding tert-OH is 1. The Balaban J connectivity index is 1.95. The lowest BCUT2D eigenvalue weighted by Gasteiger charge is -2.27. The van der Waals surface area contributed by atoms with Gasteiger partial charge in [0.25, 0.3) is 0 Å². The summed E-state index contributed by atoms with van der Waals surface area (Å²) in [6.07, 6.45) is 1.64. The summed E-state index contributed by atoms with van der Waals surface area (Å²) in [6.45, 7) is 3.01. The lowest BCUT2D eigenvalue weighted by molar-refractivity contribution is -0.130. The number of hydrogen-bond acceptors (Lipinski definition) is 3. The number of carbonyl (C=O) groups is 1. The third-order valence-electron chi connectivity index (χ3n) is 3.81. The lowest BCUT2D eigenvalue weighted by Crippen LogP contribution is -2.31. The van der Waals surface area contributed by atoms with E-state index in [1.54, 1.807) is 18.9 Å². The van der Waals surface area contributed by atoms with Crippen molar-refractivity contribution >= 4 is 5.91 Å². The molecule has 4 heteroatoms. The fourth-order valence-corrected chi connectivity index (χ4v) is 2.50. The van der Waals surface area contributed by atoms with E-state index in [0.29, 0.717) is 26.0 Å². The SMILES string of the molecule is CC(O)CCN(C)C(=O)CC1CCOc2ccccc21. The van der Waals surface area contributed by atoms with Crippen LogP contribution < -0.4 is 4.74 Å². The number of rotatable bonds is 5. The molecule has 2 rings (SSSR count). The first-order valence-electron chi connectivity index (χ1n) is 7.21. The lowest BCUT2D eigenvalue weighted by atomic mass is 9.90. The van der Waals surface area contributed by atoms with Gasteiger partial charge in [-0.3, -0.25) is 4.79 Å². The third kappa shape index (κ3) is 3.73. The van der Waals surface area contributed by atoms with Crippen LogP contribution in [0.2, 0.25) is 0 Å². The zero-order chi connectivity index (χ0) is 14.5. The summed E-state index contributed by atoms with van der Waals surface area (Å²) in [6, 6.07) is 7.95. The van der Waals surface area contributed by atoms with E-state index in [4.69, 9.17) is 4.74 Å². The van der Waals surface area contributed by atoms with Crippen LogP contribution in [0.3, 0.4) is 0 Å². The Hall–Kier alpha value is -1.55. The van der Waals surface area contributed by atoms with Crippen LogP contribution in [0.15, 0.2) is 24.3 Å². The van der Waals surface area contributed by atoms with Crippen molar-refractivity contribution in [1.29, 1.82) is 0 Å². The second-order valence-electron chi connectivity index (χ2n) is 5.53. The van der Waals surface area contributed by atoms with E-state index in [1.165, 1.54) is 0 Å². The van der Waals surface area contributed by atoms with Crippen LogP contribution in [0.1, 0.15) is 37.7 Å². The molecule has 0 bridgehead atoms. The van der Waals surface area contributed by atoms with Gasteiger partial charge < -0.3 is 14.7 Å². The third-order valence-corrected chi connectivity index (χ3v) is 3.81. The van der Waals surface area contributed by atoms with Crippen LogP contribution in [-0.2, 0) is 4.79 Å². The van der Waals surface area contributed by atoms with Gasteiger partial charge in [-0.15, -0.1) is 0 Å². The zero-order valence-electron chi connectivity index (χ0n) is 12.2. The second kappa shape index (κ2) is 6.75. The number of hydrogen-bond donors (Lipinski definition) is 1. The molecular formula is C16H23NO3. The van der Waals surface area contributed by atoms with Crippen molar-refractivity contribution in [3.63, 3.8) is 0 Å². The number of benzene rings is 1. The highest BCUT2D eigenvalue weighted by molar-refractivity contribution is 5.77. The molecule has 1 heterocycles. The van der Waals surface area contributed by atoms with Crippen LogP contribution in [0.5, 0.6) is 5.75 Å². The van der Waals surface area contributed by atoms with Gasteiger partial charge >= 0.3 is 0 Å². The number of carbonyl (C=O) groups excluding carboxylic acids is 1. The summed E-state index contributed by atoms with van der Waals surface area (Å²) < 4.78 is 5.62. The molecule has 0 spiro atoms. The molecule has 1 aromatic rings. The molecule has 2 unspecified atom stereocenters. The van der Waals surface area contributed by atoms with E-state index < -0.39 is 0 Å². The predicted molar refractivity (Wildman–Crippen MR) is 77.8 cm³/mol. The van der Waals surface area contributed by atoms with Crippen LogP contribution in [0.25, 0.3) is 0 Å². The van der Waals surface area contributed by atoms with Crippen molar-refractivity contribution in [3.05, 3.63) is 29.8 Å². The normalized spacial score (nSPS) is 18.9. The highest BCUT2D eigenvalue weighted by atomic mass is 16.5. The summed E-state index contributed by atoms with van der Waals surface area (Å²) >= 11 is 0. The highest BCUT2D eigenvalue weighted by Crippen LogP contribution is 2.35. The summed E-state index contributed by atoms with van der Waals surface area (Å²) in [7, 11) is 1.80. The van der Waals surface area contributed by atoms with Gasteiger partial charge in [-0.05, 0) is 37.3 Å². The van der Waals surface area contributed by atoms with E-state index in [1.807, 2.05) is 24.3 Å². The van der Waals surface area contributed by atoms with Gasteiger partial charge in [0.05, 0.1) is 12.7 Å². The molecule has 1 aliphatic heterocycles. The first-order valence-corrected chi connectivity index (χ1v) is 7.21. The van der Waals surface area contributed by atoms with E-state index in [9.17, 15) is 9.90 Å². The molecule has 0 fully saturated rings. The molecule has 1 aliphatic rings. The molecule has 0 saturated heterocycles. The minimum absolute atomic E-state index is 0.132. The molecule has 1 aromatic carbocycles. The Morgan fingerprint density at radius 1 is 1.50 bits per heavy atom. The van der Waals surface area contributed by atoms with E-state index in [2.05, 4.69) is 0 Å². The largest absolute Gasteiger partial charge is 0.493 e. The number of aliphatic hydroxyl groups is 1. The van der Waals surface area contributed by atoms with Crippen molar-refractivity contribution in [2.24, 2.45) is 0 Å². The van der Waals surface area contributed by atoms with Crippen molar-refractivity contribution in [1.82, 2.24) is 4.90 Å². The molecule has 2 atom stereocenters. The van der Waals surface area contributed by atoms with E-state index in [-0.39, 0.29) is 17.9 Å². The Morgan fingerprint density at radius 2 is 2.25 bits per heavy atom. The van der Waals surface area contributed by atoms with E-state index in [0.717, 1.165) is 17.7 Å². The zero-order valence-corrected chi connectivity index (χ0v) is 12.2. The van der Waals surface area contributed by atoms with E-state index >= 15 is 0 Å². The minimum Gasteiger partial charge on any atom is -0.493 e. The molecular weight excluding hydrogens is 254 g/mol. The van der Waals surface area contributed by atoms with Gasteiger partial charge in [-0.25, -0.2) is 0 Å². The molecule has 0 saturated carbocycles. The summed E-state index contributed by atoms with van der Waals surface area (Å²) in [5, 5.41) is 9.28. The maximum Gasteiger partial charge on any atom is 0.222 e.